The van der Waals surface area contributed by atoms with E-state index in [2.05, 4.69) is 20.8 Å². The van der Waals surface area contributed by atoms with Crippen LogP contribution in [0.2, 0.25) is 0 Å². The van der Waals surface area contributed by atoms with Gasteiger partial charge in [-0.3, -0.25) is 10.1 Å². The first-order valence-corrected chi connectivity index (χ1v) is 9.80. The molecule has 1 aliphatic heterocycles. The molecule has 29 heavy (non-hydrogen) atoms. The van der Waals surface area contributed by atoms with Gasteiger partial charge in [0.2, 0.25) is 5.13 Å². The average molecular weight is 411 g/mol. The fraction of sp³-hybridized carbons (Fsp3) is 0.200. The van der Waals surface area contributed by atoms with E-state index in [9.17, 15) is 14.0 Å². The molecule has 1 unspecified atom stereocenters. The highest BCUT2D eigenvalue weighted by molar-refractivity contribution is 7.15. The van der Waals surface area contributed by atoms with E-state index in [0.717, 1.165) is 11.1 Å². The Bertz CT molecular complexity index is 1070. The molecule has 1 aromatic heterocycles. The number of fused-ring (bicyclic) bond motifs is 1. The SMILES string of the molecule is CN1C(=O)c2ccccc2C1CNC(=O)Nc1nnc(Cc2cccc(F)c2)s1. The highest BCUT2D eigenvalue weighted by atomic mass is 32.1. The fourth-order valence-corrected chi connectivity index (χ4v) is 4.07. The maximum atomic E-state index is 13.3. The molecule has 4 rings (SSSR count). The first-order chi connectivity index (χ1) is 14.0. The van der Waals surface area contributed by atoms with Crippen molar-refractivity contribution in [1.82, 2.24) is 20.4 Å². The van der Waals surface area contributed by atoms with Gasteiger partial charge in [-0.05, 0) is 29.3 Å². The summed E-state index contributed by atoms with van der Waals surface area (Å²) >= 11 is 1.23. The van der Waals surface area contributed by atoms with E-state index in [1.165, 1.54) is 23.5 Å². The van der Waals surface area contributed by atoms with Crippen LogP contribution in [0.5, 0.6) is 0 Å². The summed E-state index contributed by atoms with van der Waals surface area (Å²) < 4.78 is 13.3. The van der Waals surface area contributed by atoms with Crippen molar-refractivity contribution in [1.29, 1.82) is 0 Å². The molecule has 1 aliphatic rings. The minimum atomic E-state index is -0.427. The maximum Gasteiger partial charge on any atom is 0.321 e. The summed E-state index contributed by atoms with van der Waals surface area (Å²) in [5, 5.41) is 14.4. The molecule has 0 fully saturated rings. The number of hydrogen-bond acceptors (Lipinski definition) is 5. The summed E-state index contributed by atoms with van der Waals surface area (Å²) in [6.07, 6.45) is 0.435. The van der Waals surface area contributed by atoms with Crippen molar-refractivity contribution in [3.05, 3.63) is 76.0 Å². The first-order valence-electron chi connectivity index (χ1n) is 8.99. The zero-order chi connectivity index (χ0) is 20.4. The zero-order valence-corrected chi connectivity index (χ0v) is 16.4. The lowest BCUT2D eigenvalue weighted by Crippen LogP contribution is -2.36. The smallest absolute Gasteiger partial charge is 0.321 e. The van der Waals surface area contributed by atoms with Crippen LogP contribution in [0.4, 0.5) is 14.3 Å². The second-order valence-electron chi connectivity index (χ2n) is 6.66. The van der Waals surface area contributed by atoms with E-state index in [4.69, 9.17) is 0 Å². The predicted molar refractivity (Wildman–Crippen MR) is 107 cm³/mol. The van der Waals surface area contributed by atoms with Gasteiger partial charge >= 0.3 is 6.03 Å². The average Bonchev–Trinajstić information content (AvgIpc) is 3.23. The van der Waals surface area contributed by atoms with Crippen molar-refractivity contribution in [2.75, 3.05) is 18.9 Å². The number of carbonyl (C=O) groups excluding carboxylic acids is 2. The molecule has 1 atom stereocenters. The normalized spacial score (nSPS) is 15.3. The molecule has 3 aromatic rings. The Morgan fingerprint density at radius 1 is 1.21 bits per heavy atom. The van der Waals surface area contributed by atoms with E-state index in [1.807, 2.05) is 24.3 Å². The largest absolute Gasteiger partial charge is 0.335 e. The van der Waals surface area contributed by atoms with Crippen molar-refractivity contribution in [2.24, 2.45) is 0 Å². The number of likely N-dealkylation sites (N-methyl/N-ethyl adjacent to an activating group) is 1. The number of carbonyl (C=O) groups is 2. The van der Waals surface area contributed by atoms with E-state index in [1.54, 1.807) is 24.1 Å². The van der Waals surface area contributed by atoms with Crippen LogP contribution in [0.15, 0.2) is 48.5 Å². The highest BCUT2D eigenvalue weighted by Gasteiger charge is 2.33. The summed E-state index contributed by atoms with van der Waals surface area (Å²) in [6.45, 7) is 0.278. The lowest BCUT2D eigenvalue weighted by atomic mass is 10.1. The van der Waals surface area contributed by atoms with Crippen molar-refractivity contribution < 1.29 is 14.0 Å². The summed E-state index contributed by atoms with van der Waals surface area (Å²) in [5.74, 6) is -0.361. The maximum absolute atomic E-state index is 13.3. The third-order valence-corrected chi connectivity index (χ3v) is 5.56. The van der Waals surface area contributed by atoms with Gasteiger partial charge in [0.25, 0.3) is 5.91 Å². The number of hydrogen-bond donors (Lipinski definition) is 2. The van der Waals surface area contributed by atoms with E-state index in [0.29, 0.717) is 22.1 Å². The molecule has 0 aliphatic carbocycles. The summed E-state index contributed by atoms with van der Waals surface area (Å²) in [6, 6.07) is 13.0. The molecular weight excluding hydrogens is 393 g/mol. The second-order valence-corrected chi connectivity index (χ2v) is 7.72. The molecule has 2 N–H and O–H groups in total. The predicted octanol–water partition coefficient (Wildman–Crippen LogP) is 3.22. The molecule has 7 nitrogen and oxygen atoms in total. The van der Waals surface area contributed by atoms with Crippen LogP contribution < -0.4 is 10.6 Å². The van der Waals surface area contributed by atoms with Gasteiger partial charge in [0, 0.05) is 25.6 Å². The molecule has 0 saturated heterocycles. The van der Waals surface area contributed by atoms with Crippen LogP contribution >= 0.6 is 11.3 Å². The van der Waals surface area contributed by atoms with Crippen LogP contribution in [0, 0.1) is 5.82 Å². The van der Waals surface area contributed by atoms with Gasteiger partial charge in [0.15, 0.2) is 0 Å². The summed E-state index contributed by atoms with van der Waals surface area (Å²) in [5.41, 5.74) is 2.34. The van der Waals surface area contributed by atoms with Gasteiger partial charge < -0.3 is 10.2 Å². The van der Waals surface area contributed by atoms with Gasteiger partial charge in [-0.2, -0.15) is 0 Å². The Kier molecular flexibility index (Phi) is 5.22. The van der Waals surface area contributed by atoms with Crippen molar-refractivity contribution in [3.8, 4) is 0 Å². The number of nitrogens with one attached hydrogen (secondary N) is 2. The monoisotopic (exact) mass is 411 g/mol. The zero-order valence-electron chi connectivity index (χ0n) is 15.6. The second kappa shape index (κ2) is 7.96. The third-order valence-electron chi connectivity index (χ3n) is 4.73. The molecule has 3 amide bonds. The van der Waals surface area contributed by atoms with Gasteiger partial charge in [-0.1, -0.05) is 41.7 Å². The minimum Gasteiger partial charge on any atom is -0.335 e. The molecule has 0 spiro atoms. The standard InChI is InChI=1S/C20H18FN5O2S/c1-26-16(14-7-2-3-8-15(14)18(26)27)11-22-19(28)23-20-25-24-17(29-20)10-12-5-4-6-13(21)9-12/h2-9,16H,10-11H2,1H3,(H2,22,23,25,28). The van der Waals surface area contributed by atoms with Crippen molar-refractivity contribution >= 4 is 28.4 Å². The molecular formula is C20H18FN5O2S. The van der Waals surface area contributed by atoms with Crippen molar-refractivity contribution in [2.45, 2.75) is 12.5 Å². The quantitative estimate of drug-likeness (QED) is 0.675. The van der Waals surface area contributed by atoms with Crippen LogP contribution in [0.1, 0.15) is 32.5 Å². The Labute approximate surface area is 170 Å². The number of rotatable bonds is 5. The summed E-state index contributed by atoms with van der Waals surface area (Å²) in [7, 11) is 1.72. The molecule has 9 heteroatoms. The third kappa shape index (κ3) is 4.09. The number of urea groups is 1. The van der Waals surface area contributed by atoms with Gasteiger partial charge in [0.05, 0.1) is 6.04 Å². The van der Waals surface area contributed by atoms with Gasteiger partial charge in [-0.15, -0.1) is 10.2 Å². The fourth-order valence-electron chi connectivity index (χ4n) is 3.30. The molecule has 2 heterocycles. The van der Waals surface area contributed by atoms with Crippen molar-refractivity contribution in [3.63, 3.8) is 0 Å². The Morgan fingerprint density at radius 2 is 2.03 bits per heavy atom. The van der Waals surface area contributed by atoms with E-state index < -0.39 is 6.03 Å². The number of anilines is 1. The highest BCUT2D eigenvalue weighted by Crippen LogP contribution is 2.31. The Balaban J connectivity index is 1.34. The van der Waals surface area contributed by atoms with E-state index >= 15 is 0 Å². The minimum absolute atomic E-state index is 0.0566. The van der Waals surface area contributed by atoms with Gasteiger partial charge in [-0.25, -0.2) is 9.18 Å². The molecule has 148 valence electrons. The number of aromatic nitrogens is 2. The van der Waals surface area contributed by atoms with Crippen LogP contribution in [-0.4, -0.2) is 40.6 Å². The topological polar surface area (TPSA) is 87.2 Å². The number of halogens is 1. The Hall–Kier alpha value is -3.33. The first kappa shape index (κ1) is 19.0. The Morgan fingerprint density at radius 3 is 2.86 bits per heavy atom. The number of benzene rings is 2. The van der Waals surface area contributed by atoms with Crippen LogP contribution in [-0.2, 0) is 6.42 Å². The van der Waals surface area contributed by atoms with Crippen LogP contribution in [0.3, 0.4) is 0 Å². The lowest BCUT2D eigenvalue weighted by molar-refractivity contribution is 0.0774. The number of nitrogens with zero attached hydrogens (tertiary/aromatic N) is 3. The lowest BCUT2D eigenvalue weighted by Gasteiger charge is -2.21. The van der Waals surface area contributed by atoms with Crippen LogP contribution in [0.25, 0.3) is 0 Å². The molecule has 0 radical (unpaired) electrons. The number of amides is 3. The molecule has 2 aromatic carbocycles. The molecule has 0 bridgehead atoms. The van der Waals surface area contributed by atoms with Gasteiger partial charge in [0.1, 0.15) is 10.8 Å². The summed E-state index contributed by atoms with van der Waals surface area (Å²) in [4.78, 5) is 26.1. The molecule has 0 saturated carbocycles. The van der Waals surface area contributed by atoms with E-state index in [-0.39, 0.29) is 24.3 Å².